The van der Waals surface area contributed by atoms with Crippen molar-refractivity contribution in [3.63, 3.8) is 0 Å². The Bertz CT molecular complexity index is 1300. The third-order valence-electron chi connectivity index (χ3n) is 6.95. The number of para-hydroxylation sites is 1. The minimum Gasteiger partial charge on any atom is -0.507 e. The molecular weight excluding hydrogens is 512 g/mol. The largest absolute Gasteiger partial charge is 0.507 e. The molecular formula is C35H38N2O4. The number of nitrogens with zero attached hydrogens (tertiary/aromatic N) is 2. The van der Waals surface area contributed by atoms with Gasteiger partial charge in [-0.05, 0) is 41.4 Å². The summed E-state index contributed by atoms with van der Waals surface area (Å²) in [7, 11) is 0. The second-order valence-corrected chi connectivity index (χ2v) is 9.85. The van der Waals surface area contributed by atoms with Gasteiger partial charge in [0, 0.05) is 32.7 Å². The molecule has 0 unspecified atom stereocenters. The Balaban J connectivity index is 0.000000328. The fourth-order valence-corrected chi connectivity index (χ4v) is 4.68. The van der Waals surface area contributed by atoms with Gasteiger partial charge in [0.25, 0.3) is 0 Å². The van der Waals surface area contributed by atoms with Crippen molar-refractivity contribution in [2.75, 3.05) is 39.3 Å². The predicted molar refractivity (Wildman–Crippen MR) is 163 cm³/mol. The van der Waals surface area contributed by atoms with Crippen LogP contribution in [0.1, 0.15) is 33.2 Å². The fourth-order valence-electron chi connectivity index (χ4n) is 4.68. The van der Waals surface area contributed by atoms with Gasteiger partial charge in [0.1, 0.15) is 17.4 Å². The molecule has 1 heterocycles. The predicted octanol–water partition coefficient (Wildman–Crippen LogP) is 6.26. The summed E-state index contributed by atoms with van der Waals surface area (Å²) < 4.78 is 6.39. The molecule has 5 rings (SSSR count). The van der Waals surface area contributed by atoms with Gasteiger partial charge in [0.2, 0.25) is 0 Å². The van der Waals surface area contributed by atoms with E-state index in [1.54, 1.807) is 12.1 Å². The van der Waals surface area contributed by atoms with Crippen molar-refractivity contribution in [2.24, 2.45) is 0 Å². The number of carboxylic acid groups (broad SMARTS) is 1. The fraction of sp³-hybridized carbons (Fsp3) is 0.229. The number of hydrogen-bond donors (Lipinski definition) is 2. The molecule has 0 atom stereocenters. The highest BCUT2D eigenvalue weighted by molar-refractivity contribution is 5.90. The van der Waals surface area contributed by atoms with Crippen LogP contribution in [0.4, 0.5) is 0 Å². The highest BCUT2D eigenvalue weighted by atomic mass is 16.5. The van der Waals surface area contributed by atoms with Crippen LogP contribution in [0.5, 0.6) is 5.75 Å². The Labute approximate surface area is 242 Å². The summed E-state index contributed by atoms with van der Waals surface area (Å²) in [5.74, 6) is -1.31. The van der Waals surface area contributed by atoms with E-state index < -0.39 is 5.97 Å². The monoisotopic (exact) mass is 550 g/mol. The van der Waals surface area contributed by atoms with Gasteiger partial charge in [-0.1, -0.05) is 109 Å². The second kappa shape index (κ2) is 16.0. The molecule has 2 N–H and O–H groups in total. The summed E-state index contributed by atoms with van der Waals surface area (Å²) in [5.41, 5.74) is 3.72. The number of aromatic hydroxyl groups is 1. The molecule has 0 aliphatic carbocycles. The van der Waals surface area contributed by atoms with Gasteiger partial charge in [-0.2, -0.15) is 0 Å². The first-order valence-electron chi connectivity index (χ1n) is 14.0. The first kappa shape index (κ1) is 29.6. The summed E-state index contributed by atoms with van der Waals surface area (Å²) in [4.78, 5) is 15.2. The van der Waals surface area contributed by atoms with E-state index in [9.17, 15) is 4.79 Å². The van der Waals surface area contributed by atoms with E-state index in [0.29, 0.717) is 0 Å². The Kier molecular flexibility index (Phi) is 11.6. The molecule has 0 spiro atoms. The number of phenols is 1. The zero-order valence-corrected chi connectivity index (χ0v) is 23.3. The zero-order valence-electron chi connectivity index (χ0n) is 23.3. The molecule has 4 aromatic carbocycles. The van der Waals surface area contributed by atoms with Gasteiger partial charge in [-0.15, -0.1) is 0 Å². The van der Waals surface area contributed by atoms with Crippen LogP contribution < -0.4 is 0 Å². The average Bonchev–Trinajstić information content (AvgIpc) is 3.02. The molecule has 6 heteroatoms. The van der Waals surface area contributed by atoms with Gasteiger partial charge in [-0.25, -0.2) is 4.79 Å². The molecule has 1 fully saturated rings. The normalized spacial score (nSPS) is 13.6. The SMILES string of the molecule is C(=C\N1CCN(CCOC(c2ccccc2)c2ccccc2)CC1)/Cc1ccccc1.O=C(O)c1ccccc1O. The van der Waals surface area contributed by atoms with Gasteiger partial charge in [0.15, 0.2) is 0 Å². The topological polar surface area (TPSA) is 73.2 Å². The average molecular weight is 551 g/mol. The van der Waals surface area contributed by atoms with Crippen LogP contribution in [0.2, 0.25) is 0 Å². The van der Waals surface area contributed by atoms with Gasteiger partial charge in [0.05, 0.1) is 6.61 Å². The lowest BCUT2D eigenvalue weighted by atomic mass is 10.0. The number of ether oxygens (including phenoxy) is 1. The summed E-state index contributed by atoms with van der Waals surface area (Å²) in [6, 6.07) is 37.5. The standard InChI is InChI=1S/C28H32N2O.C7H6O3/c1-4-11-25(12-5-1)13-10-18-29-19-21-30(22-20-29)23-24-31-28(26-14-6-2-7-15-26)27-16-8-3-9-17-27;8-6-4-2-1-3-5(6)7(9)10/h1-12,14-18,28H,13,19-24H2;1-4,8H,(H,9,10)/b18-10+;. The molecule has 0 saturated carbocycles. The van der Waals surface area contributed by atoms with Crippen molar-refractivity contribution in [3.05, 3.63) is 150 Å². The van der Waals surface area contributed by atoms with Gasteiger partial charge < -0.3 is 19.8 Å². The summed E-state index contributed by atoms with van der Waals surface area (Å²) in [5, 5.41) is 17.3. The molecule has 1 saturated heterocycles. The van der Waals surface area contributed by atoms with Crippen molar-refractivity contribution >= 4 is 5.97 Å². The summed E-state index contributed by atoms with van der Waals surface area (Å²) >= 11 is 0. The second-order valence-electron chi connectivity index (χ2n) is 9.85. The maximum absolute atomic E-state index is 10.3. The van der Waals surface area contributed by atoms with E-state index in [-0.39, 0.29) is 17.4 Å². The van der Waals surface area contributed by atoms with Crippen LogP contribution in [0, 0.1) is 0 Å². The van der Waals surface area contributed by atoms with E-state index in [2.05, 4.69) is 113 Å². The lowest BCUT2D eigenvalue weighted by Gasteiger charge is -2.34. The maximum atomic E-state index is 10.3. The van der Waals surface area contributed by atoms with E-state index in [4.69, 9.17) is 14.9 Å². The molecule has 6 nitrogen and oxygen atoms in total. The minimum absolute atomic E-state index is 0.00962. The maximum Gasteiger partial charge on any atom is 0.339 e. The van der Waals surface area contributed by atoms with Crippen molar-refractivity contribution in [3.8, 4) is 5.75 Å². The molecule has 0 bridgehead atoms. The van der Waals surface area contributed by atoms with Crippen LogP contribution in [-0.2, 0) is 11.2 Å². The minimum atomic E-state index is -1.11. The van der Waals surface area contributed by atoms with Crippen molar-refractivity contribution in [1.29, 1.82) is 0 Å². The van der Waals surface area contributed by atoms with Gasteiger partial charge in [-0.3, -0.25) is 4.90 Å². The Hall–Kier alpha value is -4.39. The Morgan fingerprint density at radius 2 is 1.29 bits per heavy atom. The van der Waals surface area contributed by atoms with Gasteiger partial charge >= 0.3 is 5.97 Å². The number of carboxylic acids is 1. The third-order valence-corrected chi connectivity index (χ3v) is 6.95. The highest BCUT2D eigenvalue weighted by Crippen LogP contribution is 2.25. The molecule has 0 radical (unpaired) electrons. The molecule has 4 aromatic rings. The van der Waals surface area contributed by atoms with Crippen molar-refractivity contribution in [2.45, 2.75) is 12.5 Å². The van der Waals surface area contributed by atoms with Crippen molar-refractivity contribution < 1.29 is 19.7 Å². The molecule has 0 amide bonds. The molecule has 1 aliphatic rings. The van der Waals surface area contributed by atoms with E-state index in [1.165, 1.54) is 28.8 Å². The number of hydrogen-bond acceptors (Lipinski definition) is 5. The number of allylic oxidation sites excluding steroid dienone is 1. The van der Waals surface area contributed by atoms with Crippen LogP contribution in [0.15, 0.2) is 128 Å². The molecule has 0 aromatic heterocycles. The third kappa shape index (κ3) is 9.64. The summed E-state index contributed by atoms with van der Waals surface area (Å²) in [6.45, 7) is 6.02. The van der Waals surface area contributed by atoms with E-state index >= 15 is 0 Å². The van der Waals surface area contributed by atoms with Crippen LogP contribution in [-0.4, -0.2) is 65.3 Å². The lowest BCUT2D eigenvalue weighted by Crippen LogP contribution is -2.45. The quantitative estimate of drug-likeness (QED) is 0.243. The first-order valence-corrected chi connectivity index (χ1v) is 14.0. The highest BCUT2D eigenvalue weighted by Gasteiger charge is 2.17. The van der Waals surface area contributed by atoms with Crippen LogP contribution in [0.3, 0.4) is 0 Å². The number of aromatic carboxylic acids is 1. The number of rotatable bonds is 10. The number of benzene rings is 4. The Morgan fingerprint density at radius 1 is 0.756 bits per heavy atom. The van der Waals surface area contributed by atoms with Crippen LogP contribution >= 0.6 is 0 Å². The van der Waals surface area contributed by atoms with E-state index in [0.717, 1.165) is 45.8 Å². The molecule has 212 valence electrons. The smallest absolute Gasteiger partial charge is 0.339 e. The zero-order chi connectivity index (χ0) is 28.7. The van der Waals surface area contributed by atoms with Crippen LogP contribution in [0.25, 0.3) is 0 Å². The summed E-state index contributed by atoms with van der Waals surface area (Å²) in [6.07, 6.45) is 5.53. The number of carbonyl (C=O) groups is 1. The molecule has 41 heavy (non-hydrogen) atoms. The Morgan fingerprint density at radius 3 is 1.83 bits per heavy atom. The van der Waals surface area contributed by atoms with E-state index in [1.807, 2.05) is 0 Å². The molecule has 1 aliphatic heterocycles. The van der Waals surface area contributed by atoms with Crippen molar-refractivity contribution in [1.82, 2.24) is 9.80 Å². The number of piperazine rings is 1. The lowest BCUT2D eigenvalue weighted by molar-refractivity contribution is 0.0502. The first-order chi connectivity index (χ1) is 20.1.